The molecule has 0 aliphatic carbocycles. The van der Waals surface area contributed by atoms with E-state index in [0.717, 1.165) is 11.3 Å². The maximum absolute atomic E-state index is 12.0. The minimum atomic E-state index is -0.294. The topological polar surface area (TPSA) is 73.6 Å². The third kappa shape index (κ3) is 2.84. The fourth-order valence-corrected chi connectivity index (χ4v) is 2.15. The van der Waals surface area contributed by atoms with Gasteiger partial charge in [-0.3, -0.25) is 4.79 Å². The Balaban J connectivity index is 1.73. The number of ether oxygens (including phenoxy) is 2. The van der Waals surface area contributed by atoms with Crippen LogP contribution in [0.5, 0.6) is 11.5 Å². The molecule has 0 saturated heterocycles. The second kappa shape index (κ2) is 5.47. The number of amides is 1. The van der Waals surface area contributed by atoms with Gasteiger partial charge in [-0.05, 0) is 31.5 Å². The van der Waals surface area contributed by atoms with Gasteiger partial charge in [-0.25, -0.2) is 0 Å². The summed E-state index contributed by atoms with van der Waals surface area (Å²) in [5.74, 6) is 1.35. The van der Waals surface area contributed by atoms with Gasteiger partial charge in [0, 0.05) is 6.07 Å². The Hall–Kier alpha value is -2.50. The zero-order valence-electron chi connectivity index (χ0n) is 11.9. The molecule has 0 radical (unpaired) electrons. The molecule has 2 heterocycles. The summed E-state index contributed by atoms with van der Waals surface area (Å²) in [6, 6.07) is 7.06. The van der Waals surface area contributed by atoms with Gasteiger partial charge in [0.2, 0.25) is 5.76 Å². The molecule has 1 aromatic carbocycles. The van der Waals surface area contributed by atoms with Gasteiger partial charge < -0.3 is 19.3 Å². The van der Waals surface area contributed by atoms with Crippen molar-refractivity contribution in [1.82, 2.24) is 10.5 Å². The lowest BCUT2D eigenvalue weighted by Crippen LogP contribution is -2.26. The van der Waals surface area contributed by atoms with Crippen LogP contribution in [0.4, 0.5) is 0 Å². The number of fused-ring (bicyclic) bond motifs is 1. The Morgan fingerprint density at radius 3 is 2.71 bits per heavy atom. The quantitative estimate of drug-likeness (QED) is 0.937. The first-order valence-corrected chi connectivity index (χ1v) is 6.77. The molecule has 6 nitrogen and oxygen atoms in total. The standard InChI is InChI=1S/C15H16N2O4/c1-9-7-14(21-17-9)15(18)16-10(2)11-3-4-12-13(8-11)20-6-5-19-12/h3-4,7-8,10H,5-6H2,1-2H3,(H,16,18)/t10-/m0/s1. The zero-order chi connectivity index (χ0) is 14.8. The average molecular weight is 288 g/mol. The van der Waals surface area contributed by atoms with Gasteiger partial charge in [-0.15, -0.1) is 0 Å². The number of carbonyl (C=O) groups excluding carboxylic acids is 1. The molecule has 6 heteroatoms. The number of aryl methyl sites for hydroxylation is 1. The van der Waals surface area contributed by atoms with Gasteiger partial charge in [0.05, 0.1) is 11.7 Å². The number of aromatic nitrogens is 1. The molecule has 21 heavy (non-hydrogen) atoms. The van der Waals surface area contributed by atoms with E-state index in [1.54, 1.807) is 13.0 Å². The predicted molar refractivity (Wildman–Crippen MR) is 74.6 cm³/mol. The van der Waals surface area contributed by atoms with Crippen molar-refractivity contribution in [2.75, 3.05) is 13.2 Å². The van der Waals surface area contributed by atoms with E-state index in [2.05, 4.69) is 10.5 Å². The summed E-state index contributed by atoms with van der Waals surface area (Å²) >= 11 is 0. The summed E-state index contributed by atoms with van der Waals surface area (Å²) in [7, 11) is 0. The van der Waals surface area contributed by atoms with Crippen LogP contribution in [-0.4, -0.2) is 24.3 Å². The number of hydrogen-bond acceptors (Lipinski definition) is 5. The Kier molecular flexibility index (Phi) is 3.51. The van der Waals surface area contributed by atoms with E-state index in [4.69, 9.17) is 14.0 Å². The van der Waals surface area contributed by atoms with Gasteiger partial charge in [-0.1, -0.05) is 11.2 Å². The van der Waals surface area contributed by atoms with E-state index in [1.807, 2.05) is 25.1 Å². The van der Waals surface area contributed by atoms with Crippen molar-refractivity contribution in [2.24, 2.45) is 0 Å². The van der Waals surface area contributed by atoms with E-state index in [-0.39, 0.29) is 17.7 Å². The molecule has 0 spiro atoms. The molecule has 2 aromatic rings. The van der Waals surface area contributed by atoms with Crippen LogP contribution in [0.3, 0.4) is 0 Å². The van der Waals surface area contributed by atoms with Crippen molar-refractivity contribution >= 4 is 5.91 Å². The van der Waals surface area contributed by atoms with Crippen molar-refractivity contribution < 1.29 is 18.8 Å². The van der Waals surface area contributed by atoms with Crippen molar-refractivity contribution in [3.05, 3.63) is 41.3 Å². The number of hydrogen-bond donors (Lipinski definition) is 1. The first-order chi connectivity index (χ1) is 10.1. The highest BCUT2D eigenvalue weighted by molar-refractivity contribution is 5.91. The zero-order valence-corrected chi connectivity index (χ0v) is 11.9. The molecule has 1 atom stereocenters. The molecule has 110 valence electrons. The fraction of sp³-hybridized carbons (Fsp3) is 0.333. The molecule has 0 saturated carbocycles. The molecule has 3 rings (SSSR count). The third-order valence-electron chi connectivity index (χ3n) is 3.27. The summed E-state index contributed by atoms with van der Waals surface area (Å²) < 4.78 is 16.0. The van der Waals surface area contributed by atoms with Gasteiger partial charge >= 0.3 is 0 Å². The van der Waals surface area contributed by atoms with E-state index in [1.165, 1.54) is 0 Å². The predicted octanol–water partition coefficient (Wildman–Crippen LogP) is 2.25. The van der Waals surface area contributed by atoms with E-state index < -0.39 is 0 Å². The Morgan fingerprint density at radius 1 is 1.24 bits per heavy atom. The largest absolute Gasteiger partial charge is 0.486 e. The van der Waals surface area contributed by atoms with E-state index in [0.29, 0.717) is 24.7 Å². The van der Waals surface area contributed by atoms with E-state index >= 15 is 0 Å². The molecule has 1 aliphatic rings. The minimum Gasteiger partial charge on any atom is -0.486 e. The number of benzene rings is 1. The van der Waals surface area contributed by atoms with Gasteiger partial charge in [0.25, 0.3) is 5.91 Å². The molecular weight excluding hydrogens is 272 g/mol. The lowest BCUT2D eigenvalue weighted by atomic mass is 10.1. The summed E-state index contributed by atoms with van der Waals surface area (Å²) in [4.78, 5) is 12.0. The molecule has 0 bridgehead atoms. The van der Waals surface area contributed by atoms with Crippen LogP contribution in [0, 0.1) is 6.92 Å². The molecule has 1 aromatic heterocycles. The summed E-state index contributed by atoms with van der Waals surface area (Å²) in [5, 5.41) is 6.57. The van der Waals surface area contributed by atoms with Crippen LogP contribution in [-0.2, 0) is 0 Å². The van der Waals surface area contributed by atoms with Crippen LogP contribution in [0.2, 0.25) is 0 Å². The lowest BCUT2D eigenvalue weighted by molar-refractivity contribution is 0.0902. The summed E-state index contributed by atoms with van der Waals surface area (Å²) in [6.45, 7) is 4.76. The molecule has 1 N–H and O–H groups in total. The van der Waals surface area contributed by atoms with Gasteiger partial charge in [0.1, 0.15) is 13.2 Å². The molecule has 0 fully saturated rings. The molecule has 1 aliphatic heterocycles. The smallest absolute Gasteiger partial charge is 0.290 e. The van der Waals surface area contributed by atoms with Crippen molar-refractivity contribution in [3.63, 3.8) is 0 Å². The van der Waals surface area contributed by atoms with Gasteiger partial charge in [-0.2, -0.15) is 0 Å². The maximum atomic E-state index is 12.0. The SMILES string of the molecule is Cc1cc(C(=O)N[C@@H](C)c2ccc3c(c2)OCCO3)on1. The Morgan fingerprint density at radius 2 is 2.00 bits per heavy atom. The van der Waals surface area contributed by atoms with Crippen LogP contribution < -0.4 is 14.8 Å². The van der Waals surface area contributed by atoms with Gasteiger partial charge in [0.15, 0.2) is 11.5 Å². The molecular formula is C15H16N2O4. The van der Waals surface area contributed by atoms with E-state index in [9.17, 15) is 4.79 Å². The maximum Gasteiger partial charge on any atom is 0.290 e. The molecule has 0 unspecified atom stereocenters. The van der Waals surface area contributed by atoms with Crippen LogP contribution in [0.15, 0.2) is 28.8 Å². The first-order valence-electron chi connectivity index (χ1n) is 6.77. The normalized spacial score (nSPS) is 14.6. The third-order valence-corrected chi connectivity index (χ3v) is 3.27. The lowest BCUT2D eigenvalue weighted by Gasteiger charge is -2.20. The Bertz CT molecular complexity index is 665. The van der Waals surface area contributed by atoms with Crippen molar-refractivity contribution in [1.29, 1.82) is 0 Å². The average Bonchev–Trinajstić information content (AvgIpc) is 2.93. The first kappa shape index (κ1) is 13.5. The summed E-state index contributed by atoms with van der Waals surface area (Å²) in [6.07, 6.45) is 0. The minimum absolute atomic E-state index is 0.182. The number of carbonyl (C=O) groups is 1. The van der Waals surface area contributed by atoms with Crippen LogP contribution >= 0.6 is 0 Å². The van der Waals surface area contributed by atoms with Crippen molar-refractivity contribution in [2.45, 2.75) is 19.9 Å². The van der Waals surface area contributed by atoms with Crippen molar-refractivity contribution in [3.8, 4) is 11.5 Å². The van der Waals surface area contributed by atoms with Crippen LogP contribution in [0.1, 0.15) is 34.8 Å². The highest BCUT2D eigenvalue weighted by atomic mass is 16.6. The summed E-state index contributed by atoms with van der Waals surface area (Å²) in [5.41, 5.74) is 1.61. The monoisotopic (exact) mass is 288 g/mol. The Labute approximate surface area is 122 Å². The number of nitrogens with zero attached hydrogens (tertiary/aromatic N) is 1. The fourth-order valence-electron chi connectivity index (χ4n) is 2.15. The second-order valence-electron chi connectivity index (χ2n) is 4.93. The molecule has 1 amide bonds. The highest BCUT2D eigenvalue weighted by Crippen LogP contribution is 2.32. The highest BCUT2D eigenvalue weighted by Gasteiger charge is 2.18. The number of rotatable bonds is 3. The second-order valence-corrected chi connectivity index (χ2v) is 4.93. The van der Waals surface area contributed by atoms with Crippen LogP contribution in [0.25, 0.3) is 0 Å². The number of nitrogens with one attached hydrogen (secondary N) is 1.